The van der Waals surface area contributed by atoms with Crippen LogP contribution in [0.2, 0.25) is 5.02 Å². The zero-order valence-corrected chi connectivity index (χ0v) is 12.6. The van der Waals surface area contributed by atoms with Gasteiger partial charge in [0.05, 0.1) is 4.92 Å². The molecule has 0 heterocycles. The van der Waals surface area contributed by atoms with E-state index in [0.29, 0.717) is 5.75 Å². The standard InChI is InChI=1S/C12H13ClN2O5S/c1-21-3-2-10(12(17)18)14-11(16)7-4-8(13)6-9(5-7)15(19)20/h4-6,10H,2-3H2,1H3,(H,14,16)(H,17,18)/t10-/m0/s1. The van der Waals surface area contributed by atoms with Gasteiger partial charge in [0.15, 0.2) is 0 Å². The molecule has 0 fully saturated rings. The molecule has 7 nitrogen and oxygen atoms in total. The van der Waals surface area contributed by atoms with E-state index in [9.17, 15) is 19.7 Å². The van der Waals surface area contributed by atoms with Gasteiger partial charge in [0.2, 0.25) is 0 Å². The summed E-state index contributed by atoms with van der Waals surface area (Å²) >= 11 is 7.17. The molecule has 1 aromatic carbocycles. The van der Waals surface area contributed by atoms with Crippen molar-refractivity contribution < 1.29 is 19.6 Å². The second kappa shape index (κ2) is 7.84. The number of carboxylic acids is 1. The lowest BCUT2D eigenvalue weighted by atomic mass is 10.1. The van der Waals surface area contributed by atoms with Gasteiger partial charge in [-0.2, -0.15) is 11.8 Å². The predicted octanol–water partition coefficient (Wildman–Crippen LogP) is 2.18. The molecule has 1 aromatic rings. The van der Waals surface area contributed by atoms with Crippen molar-refractivity contribution in [1.82, 2.24) is 5.32 Å². The molecule has 0 saturated heterocycles. The van der Waals surface area contributed by atoms with E-state index in [0.717, 1.165) is 12.1 Å². The van der Waals surface area contributed by atoms with E-state index >= 15 is 0 Å². The summed E-state index contributed by atoms with van der Waals surface area (Å²) in [5.41, 5.74) is -0.381. The number of nitro benzene ring substituents is 1. The number of aliphatic carboxylic acids is 1. The molecule has 9 heteroatoms. The first kappa shape index (κ1) is 17.3. The molecule has 0 unspecified atom stereocenters. The van der Waals surface area contributed by atoms with Crippen molar-refractivity contribution in [3.8, 4) is 0 Å². The number of amides is 1. The van der Waals surface area contributed by atoms with Crippen LogP contribution < -0.4 is 5.32 Å². The van der Waals surface area contributed by atoms with Crippen molar-refractivity contribution >= 4 is 40.9 Å². The summed E-state index contributed by atoms with van der Waals surface area (Å²) < 4.78 is 0. The van der Waals surface area contributed by atoms with Crippen LogP contribution in [-0.4, -0.2) is 40.0 Å². The van der Waals surface area contributed by atoms with Gasteiger partial charge in [0, 0.05) is 22.7 Å². The zero-order valence-electron chi connectivity index (χ0n) is 11.0. The maximum absolute atomic E-state index is 12.0. The maximum Gasteiger partial charge on any atom is 0.326 e. The average molecular weight is 333 g/mol. The van der Waals surface area contributed by atoms with Crippen LogP contribution in [0, 0.1) is 10.1 Å². The van der Waals surface area contributed by atoms with Crippen LogP contribution in [0.5, 0.6) is 0 Å². The van der Waals surface area contributed by atoms with Crippen LogP contribution in [0.15, 0.2) is 18.2 Å². The molecular formula is C12H13ClN2O5S. The SMILES string of the molecule is CSCC[C@H](NC(=O)c1cc(Cl)cc([N+](=O)[O-])c1)C(=O)O. The van der Waals surface area contributed by atoms with Crippen molar-refractivity contribution in [3.63, 3.8) is 0 Å². The fourth-order valence-corrected chi connectivity index (χ4v) is 2.25. The fraction of sp³-hybridized carbons (Fsp3) is 0.333. The quantitative estimate of drug-likeness (QED) is 0.585. The van der Waals surface area contributed by atoms with Gasteiger partial charge in [-0.1, -0.05) is 11.6 Å². The fourth-order valence-electron chi connectivity index (χ4n) is 1.55. The zero-order chi connectivity index (χ0) is 16.0. The second-order valence-electron chi connectivity index (χ2n) is 4.10. The minimum atomic E-state index is -1.16. The summed E-state index contributed by atoms with van der Waals surface area (Å²) in [4.78, 5) is 33.1. The number of rotatable bonds is 7. The molecule has 0 radical (unpaired) electrons. The Bertz CT molecular complexity index is 567. The lowest BCUT2D eigenvalue weighted by Crippen LogP contribution is -2.41. The van der Waals surface area contributed by atoms with Gasteiger partial charge in [0.25, 0.3) is 11.6 Å². The van der Waals surface area contributed by atoms with Crippen molar-refractivity contribution in [1.29, 1.82) is 0 Å². The number of nitrogens with zero attached hydrogens (tertiary/aromatic N) is 1. The van der Waals surface area contributed by atoms with E-state index in [2.05, 4.69) is 5.32 Å². The first-order chi connectivity index (χ1) is 9.85. The number of hydrogen-bond acceptors (Lipinski definition) is 5. The van der Waals surface area contributed by atoms with Gasteiger partial charge in [-0.15, -0.1) is 0 Å². The lowest BCUT2D eigenvalue weighted by molar-refractivity contribution is -0.384. The number of non-ortho nitro benzene ring substituents is 1. The third-order valence-corrected chi connectivity index (χ3v) is 3.43. The van der Waals surface area contributed by atoms with Gasteiger partial charge in [-0.25, -0.2) is 4.79 Å². The largest absolute Gasteiger partial charge is 0.480 e. The number of carboxylic acid groups (broad SMARTS) is 1. The van der Waals surface area contributed by atoms with Crippen LogP contribution in [0.3, 0.4) is 0 Å². The number of thioether (sulfide) groups is 1. The molecular weight excluding hydrogens is 320 g/mol. The molecule has 0 aliphatic rings. The number of halogens is 1. The molecule has 1 atom stereocenters. The Hall–Kier alpha value is -1.80. The topological polar surface area (TPSA) is 110 Å². The smallest absolute Gasteiger partial charge is 0.326 e. The molecule has 2 N–H and O–H groups in total. The van der Waals surface area contributed by atoms with E-state index in [1.165, 1.54) is 17.8 Å². The molecule has 0 bridgehead atoms. The molecule has 21 heavy (non-hydrogen) atoms. The third-order valence-electron chi connectivity index (χ3n) is 2.57. The van der Waals surface area contributed by atoms with Gasteiger partial charge < -0.3 is 10.4 Å². The minimum Gasteiger partial charge on any atom is -0.480 e. The summed E-state index contributed by atoms with van der Waals surface area (Å²) in [5, 5.41) is 22.1. The number of nitro groups is 1. The summed E-state index contributed by atoms with van der Waals surface area (Å²) in [7, 11) is 0. The monoisotopic (exact) mass is 332 g/mol. The van der Waals surface area contributed by atoms with Crippen LogP contribution in [0.25, 0.3) is 0 Å². The van der Waals surface area contributed by atoms with Crippen molar-refractivity contribution in [3.05, 3.63) is 38.9 Å². The first-order valence-electron chi connectivity index (χ1n) is 5.82. The summed E-state index contributed by atoms with van der Waals surface area (Å²) in [5.74, 6) is -1.31. The Morgan fingerprint density at radius 1 is 1.48 bits per heavy atom. The highest BCUT2D eigenvalue weighted by Gasteiger charge is 2.21. The molecule has 0 saturated carbocycles. The highest BCUT2D eigenvalue weighted by molar-refractivity contribution is 7.98. The van der Waals surface area contributed by atoms with Gasteiger partial charge >= 0.3 is 5.97 Å². The normalized spacial score (nSPS) is 11.7. The Morgan fingerprint density at radius 3 is 2.67 bits per heavy atom. The second-order valence-corrected chi connectivity index (χ2v) is 5.52. The van der Waals surface area contributed by atoms with Gasteiger partial charge in [0.1, 0.15) is 6.04 Å². The molecule has 0 aromatic heterocycles. The average Bonchev–Trinajstić information content (AvgIpc) is 2.42. The summed E-state index contributed by atoms with van der Waals surface area (Å²) in [6.07, 6.45) is 2.08. The molecule has 0 spiro atoms. The minimum absolute atomic E-state index is 0.0327. The third kappa shape index (κ3) is 5.24. The van der Waals surface area contributed by atoms with Crippen LogP contribution in [0.1, 0.15) is 16.8 Å². The molecule has 114 valence electrons. The number of carbonyl (C=O) groups is 2. The number of benzene rings is 1. The summed E-state index contributed by atoms with van der Waals surface area (Å²) in [6.45, 7) is 0. The molecule has 0 aliphatic heterocycles. The van der Waals surface area contributed by atoms with E-state index in [1.54, 1.807) is 0 Å². The Morgan fingerprint density at radius 2 is 2.14 bits per heavy atom. The number of nitrogens with one attached hydrogen (secondary N) is 1. The van der Waals surface area contributed by atoms with Crippen LogP contribution in [0.4, 0.5) is 5.69 Å². The Kier molecular flexibility index (Phi) is 6.44. The lowest BCUT2D eigenvalue weighted by Gasteiger charge is -2.14. The van der Waals surface area contributed by atoms with E-state index in [4.69, 9.17) is 16.7 Å². The van der Waals surface area contributed by atoms with Crippen LogP contribution >= 0.6 is 23.4 Å². The van der Waals surface area contributed by atoms with Crippen molar-refractivity contribution in [2.45, 2.75) is 12.5 Å². The van der Waals surface area contributed by atoms with Crippen LogP contribution in [-0.2, 0) is 4.79 Å². The highest BCUT2D eigenvalue weighted by Crippen LogP contribution is 2.21. The molecule has 1 amide bonds. The predicted molar refractivity (Wildman–Crippen MR) is 80.0 cm³/mol. The Labute approximate surface area is 129 Å². The van der Waals surface area contributed by atoms with E-state index in [-0.39, 0.29) is 22.7 Å². The maximum atomic E-state index is 12.0. The highest BCUT2D eigenvalue weighted by atomic mass is 35.5. The van der Waals surface area contributed by atoms with Gasteiger partial charge in [-0.05, 0) is 24.5 Å². The number of hydrogen-bond donors (Lipinski definition) is 2. The molecule has 1 rings (SSSR count). The van der Waals surface area contributed by atoms with Gasteiger partial charge in [-0.3, -0.25) is 14.9 Å². The molecule has 0 aliphatic carbocycles. The first-order valence-corrected chi connectivity index (χ1v) is 7.60. The van der Waals surface area contributed by atoms with E-state index < -0.39 is 22.8 Å². The van der Waals surface area contributed by atoms with E-state index in [1.807, 2.05) is 6.26 Å². The summed E-state index contributed by atoms with van der Waals surface area (Å²) in [6, 6.07) is 2.36. The van der Waals surface area contributed by atoms with Crippen molar-refractivity contribution in [2.75, 3.05) is 12.0 Å². The Balaban J connectivity index is 2.92. The number of carbonyl (C=O) groups excluding carboxylic acids is 1. The van der Waals surface area contributed by atoms with Crippen molar-refractivity contribution in [2.24, 2.45) is 0 Å².